The molecule has 110 valence electrons. The maximum Gasteiger partial charge on any atom is 0.271 e. The van der Waals surface area contributed by atoms with Crippen molar-refractivity contribution >= 4 is 28.9 Å². The summed E-state index contributed by atoms with van der Waals surface area (Å²) >= 11 is 1.29. The number of nitro groups is 2. The molecule has 22 heavy (non-hydrogen) atoms. The van der Waals surface area contributed by atoms with Gasteiger partial charge in [-0.3, -0.25) is 25.0 Å². The second-order valence-electron chi connectivity index (χ2n) is 4.64. The molecule has 0 heterocycles. The van der Waals surface area contributed by atoms with E-state index < -0.39 is 15.6 Å². The largest absolute Gasteiger partial charge is 0.289 e. The monoisotopic (exact) mass is 316 g/mol. The van der Waals surface area contributed by atoms with Gasteiger partial charge in [0.25, 0.3) is 11.4 Å². The third kappa shape index (κ3) is 1.96. The quantitative estimate of drug-likeness (QED) is 0.416. The zero-order valence-corrected chi connectivity index (χ0v) is 12.0. The molecule has 0 fully saturated rings. The average Bonchev–Trinajstić information content (AvgIpc) is 2.79. The molecule has 0 amide bonds. The highest BCUT2D eigenvalue weighted by Crippen LogP contribution is 2.44. The lowest BCUT2D eigenvalue weighted by Crippen LogP contribution is -1.98. The number of ketones is 1. The van der Waals surface area contributed by atoms with Crippen LogP contribution in [0.5, 0.6) is 0 Å². The van der Waals surface area contributed by atoms with E-state index in [1.54, 1.807) is 6.26 Å². The summed E-state index contributed by atoms with van der Waals surface area (Å²) < 4.78 is 0. The van der Waals surface area contributed by atoms with Crippen molar-refractivity contribution in [3.63, 3.8) is 0 Å². The number of non-ortho nitro benzene ring substituents is 2. The number of benzene rings is 2. The summed E-state index contributed by atoms with van der Waals surface area (Å²) in [5, 5.41) is 21.8. The minimum absolute atomic E-state index is 0.168. The molecule has 0 aromatic heterocycles. The number of nitro benzene ring substituents is 2. The van der Waals surface area contributed by atoms with Gasteiger partial charge in [-0.1, -0.05) is 0 Å². The fraction of sp³-hybridized carbons (Fsp3) is 0.0714. The van der Waals surface area contributed by atoms with Crippen molar-refractivity contribution in [3.8, 4) is 11.1 Å². The molecule has 2 aromatic carbocycles. The summed E-state index contributed by atoms with van der Waals surface area (Å²) in [6, 6.07) is 6.69. The molecule has 7 nitrogen and oxygen atoms in total. The fourth-order valence-corrected chi connectivity index (χ4v) is 3.18. The molecular formula is C14H8N2O5S. The number of carbonyl (C=O) groups is 1. The number of nitrogens with zero attached hydrogens (tertiary/aromatic N) is 2. The van der Waals surface area contributed by atoms with Gasteiger partial charge in [0.15, 0.2) is 5.78 Å². The molecule has 0 spiro atoms. The minimum Gasteiger partial charge on any atom is -0.289 e. The summed E-state index contributed by atoms with van der Waals surface area (Å²) in [7, 11) is 0. The van der Waals surface area contributed by atoms with Crippen LogP contribution in [0.25, 0.3) is 11.1 Å². The molecule has 0 atom stereocenters. The SMILES string of the molecule is CSc1cc([N+](=O)[O-])cc2c1-c1ccc([N+](=O)[O-])cc1C2=O. The van der Waals surface area contributed by atoms with Gasteiger partial charge in [-0.2, -0.15) is 0 Å². The lowest BCUT2D eigenvalue weighted by Gasteiger charge is -2.06. The number of hydrogen-bond donors (Lipinski definition) is 0. The molecule has 0 radical (unpaired) electrons. The van der Waals surface area contributed by atoms with E-state index >= 15 is 0 Å². The highest BCUT2D eigenvalue weighted by atomic mass is 32.2. The standard InChI is InChI=1S/C14H8N2O5S/c1-22-12-6-8(16(20)21)5-11-13(12)9-3-2-7(15(18)19)4-10(9)14(11)17/h2-6H,1H3. The second-order valence-corrected chi connectivity index (χ2v) is 5.49. The van der Waals surface area contributed by atoms with Crippen LogP contribution in [0, 0.1) is 20.2 Å². The Morgan fingerprint density at radius 3 is 2.14 bits per heavy atom. The van der Waals surface area contributed by atoms with Gasteiger partial charge in [0.1, 0.15) is 0 Å². The van der Waals surface area contributed by atoms with Gasteiger partial charge in [-0.25, -0.2) is 0 Å². The zero-order chi connectivity index (χ0) is 16.0. The van der Waals surface area contributed by atoms with Gasteiger partial charge in [-0.05, 0) is 17.9 Å². The van der Waals surface area contributed by atoms with Crippen LogP contribution in [0.4, 0.5) is 11.4 Å². The average molecular weight is 316 g/mol. The van der Waals surface area contributed by atoms with E-state index in [4.69, 9.17) is 0 Å². The van der Waals surface area contributed by atoms with Crippen LogP contribution >= 0.6 is 11.8 Å². The highest BCUT2D eigenvalue weighted by molar-refractivity contribution is 7.98. The van der Waals surface area contributed by atoms with Crippen molar-refractivity contribution in [3.05, 3.63) is 61.7 Å². The maximum absolute atomic E-state index is 12.5. The van der Waals surface area contributed by atoms with Gasteiger partial charge in [-0.15, -0.1) is 11.8 Å². The molecule has 0 bridgehead atoms. The van der Waals surface area contributed by atoms with Gasteiger partial charge >= 0.3 is 0 Å². The lowest BCUT2D eigenvalue weighted by atomic mass is 10.0. The summed E-state index contributed by atoms with van der Waals surface area (Å²) in [5.74, 6) is -0.423. The summed E-state index contributed by atoms with van der Waals surface area (Å²) in [4.78, 5) is 33.8. The molecule has 0 saturated carbocycles. The first kappa shape index (κ1) is 14.2. The molecule has 8 heteroatoms. The maximum atomic E-state index is 12.5. The van der Waals surface area contributed by atoms with Crippen LogP contribution in [0.2, 0.25) is 0 Å². The second kappa shape index (κ2) is 4.92. The first-order valence-electron chi connectivity index (χ1n) is 6.14. The van der Waals surface area contributed by atoms with Gasteiger partial charge in [0.05, 0.1) is 9.85 Å². The van der Waals surface area contributed by atoms with Crippen molar-refractivity contribution in [2.75, 3.05) is 6.26 Å². The van der Waals surface area contributed by atoms with Crippen molar-refractivity contribution in [2.45, 2.75) is 4.90 Å². The summed E-state index contributed by atoms with van der Waals surface area (Å²) in [6.07, 6.45) is 1.76. The lowest BCUT2D eigenvalue weighted by molar-refractivity contribution is -0.385. The van der Waals surface area contributed by atoms with Crippen LogP contribution in [-0.4, -0.2) is 21.9 Å². The Labute approximate surface area is 128 Å². The molecule has 0 unspecified atom stereocenters. The molecule has 2 aromatic rings. The molecule has 1 aliphatic rings. The summed E-state index contributed by atoms with van der Waals surface area (Å²) in [6.45, 7) is 0. The molecule has 0 N–H and O–H groups in total. The molecular weight excluding hydrogens is 308 g/mol. The van der Waals surface area contributed by atoms with E-state index in [0.29, 0.717) is 16.0 Å². The van der Waals surface area contributed by atoms with E-state index in [1.165, 1.54) is 42.1 Å². The minimum atomic E-state index is -0.575. The van der Waals surface area contributed by atoms with Crippen LogP contribution in [-0.2, 0) is 0 Å². The summed E-state index contributed by atoms with van der Waals surface area (Å²) in [5.41, 5.74) is 1.26. The van der Waals surface area contributed by atoms with Crippen LogP contribution in [0.1, 0.15) is 15.9 Å². The van der Waals surface area contributed by atoms with Gasteiger partial charge in [0.2, 0.25) is 0 Å². The Hall–Kier alpha value is -2.74. The predicted molar refractivity (Wildman–Crippen MR) is 80.4 cm³/mol. The number of hydrogen-bond acceptors (Lipinski definition) is 6. The van der Waals surface area contributed by atoms with Crippen molar-refractivity contribution in [2.24, 2.45) is 0 Å². The highest BCUT2D eigenvalue weighted by Gasteiger charge is 2.32. The Morgan fingerprint density at radius 2 is 1.55 bits per heavy atom. The van der Waals surface area contributed by atoms with E-state index in [0.717, 1.165) is 0 Å². The Kier molecular flexibility index (Phi) is 3.18. The van der Waals surface area contributed by atoms with Crippen LogP contribution < -0.4 is 0 Å². The third-order valence-electron chi connectivity index (χ3n) is 3.49. The van der Waals surface area contributed by atoms with Crippen molar-refractivity contribution in [1.29, 1.82) is 0 Å². The van der Waals surface area contributed by atoms with Crippen molar-refractivity contribution in [1.82, 2.24) is 0 Å². The third-order valence-corrected chi connectivity index (χ3v) is 4.25. The van der Waals surface area contributed by atoms with Crippen LogP contribution in [0.15, 0.2) is 35.2 Å². The first-order valence-corrected chi connectivity index (χ1v) is 7.36. The topological polar surface area (TPSA) is 103 Å². The van der Waals surface area contributed by atoms with Crippen molar-refractivity contribution < 1.29 is 14.6 Å². The number of thioether (sulfide) groups is 1. The smallest absolute Gasteiger partial charge is 0.271 e. The molecule has 0 aliphatic heterocycles. The first-order chi connectivity index (χ1) is 10.4. The van der Waals surface area contributed by atoms with Crippen LogP contribution in [0.3, 0.4) is 0 Å². The number of fused-ring (bicyclic) bond motifs is 3. The number of carbonyl (C=O) groups excluding carboxylic acids is 1. The van der Waals surface area contributed by atoms with Gasteiger partial charge < -0.3 is 0 Å². The van der Waals surface area contributed by atoms with E-state index in [2.05, 4.69) is 0 Å². The van der Waals surface area contributed by atoms with E-state index in [-0.39, 0.29) is 22.5 Å². The number of rotatable bonds is 3. The normalized spacial score (nSPS) is 12.0. The molecule has 1 aliphatic carbocycles. The Balaban J connectivity index is 2.29. The fourth-order valence-electron chi connectivity index (χ4n) is 2.52. The molecule has 3 rings (SSSR count). The predicted octanol–water partition coefficient (Wildman–Crippen LogP) is 3.44. The Morgan fingerprint density at radius 1 is 0.909 bits per heavy atom. The van der Waals surface area contributed by atoms with Gasteiger partial charge in [0, 0.05) is 45.9 Å². The van der Waals surface area contributed by atoms with E-state index in [9.17, 15) is 25.0 Å². The Bertz CT molecular complexity index is 863. The molecule has 0 saturated heterocycles. The van der Waals surface area contributed by atoms with E-state index in [1.807, 2.05) is 0 Å². The zero-order valence-electron chi connectivity index (χ0n) is 11.2.